The van der Waals surface area contributed by atoms with Crippen molar-refractivity contribution in [3.63, 3.8) is 0 Å². The molecule has 0 aromatic heterocycles. The van der Waals surface area contributed by atoms with Gasteiger partial charge in [0, 0.05) is 0 Å². The molecule has 0 heterocycles. The highest BCUT2D eigenvalue weighted by Gasteiger charge is 2.55. The fourth-order valence-electron chi connectivity index (χ4n) is 1.37. The van der Waals surface area contributed by atoms with Crippen LogP contribution in [0.1, 0.15) is 32.6 Å². The molecule has 0 aromatic carbocycles. The second kappa shape index (κ2) is 2.81. The first-order chi connectivity index (χ1) is 5.13. The monoisotopic (exact) mass is 158 g/mol. The minimum atomic E-state index is -0.835. The van der Waals surface area contributed by atoms with Crippen molar-refractivity contribution < 1.29 is 15.0 Å². The van der Waals surface area contributed by atoms with Gasteiger partial charge in [0.1, 0.15) is 0 Å². The van der Waals surface area contributed by atoms with Crippen LogP contribution in [-0.4, -0.2) is 22.3 Å². The Kier molecular flexibility index (Phi) is 2.18. The first kappa shape index (κ1) is 8.53. The lowest BCUT2D eigenvalue weighted by Gasteiger charge is -2.16. The number of rotatable bonds is 4. The summed E-state index contributed by atoms with van der Waals surface area (Å²) in [6, 6.07) is 0. The van der Waals surface area contributed by atoms with Crippen molar-refractivity contribution >= 4 is 5.97 Å². The Hall–Kier alpha value is -0.570. The fourth-order valence-corrected chi connectivity index (χ4v) is 1.37. The summed E-state index contributed by atoms with van der Waals surface area (Å²) in [7, 11) is 0. The van der Waals surface area contributed by atoms with E-state index in [-0.39, 0.29) is 0 Å². The molecule has 3 heteroatoms. The number of hydrogen-bond acceptors (Lipinski definition) is 2. The summed E-state index contributed by atoms with van der Waals surface area (Å²) in [4.78, 5) is 10.6. The lowest BCUT2D eigenvalue weighted by Crippen LogP contribution is -2.29. The van der Waals surface area contributed by atoms with Crippen LogP contribution in [-0.2, 0) is 4.79 Å². The molecule has 0 aliphatic heterocycles. The fraction of sp³-hybridized carbons (Fsp3) is 0.875. The molecular formula is C8H14O3. The van der Waals surface area contributed by atoms with Crippen LogP contribution in [0.25, 0.3) is 0 Å². The molecule has 2 N–H and O–H groups in total. The van der Waals surface area contributed by atoms with E-state index in [1.165, 1.54) is 0 Å². The van der Waals surface area contributed by atoms with Crippen LogP contribution in [0.15, 0.2) is 0 Å². The van der Waals surface area contributed by atoms with Crippen LogP contribution in [0.3, 0.4) is 0 Å². The standard InChI is InChI=1S/C8H14O3/c1-2-3-6(9)8(4-5-8)7(10)11/h6,9H,2-5H2,1H3,(H,10,11). The average molecular weight is 158 g/mol. The molecule has 0 radical (unpaired) electrons. The van der Waals surface area contributed by atoms with Gasteiger partial charge >= 0.3 is 5.97 Å². The Morgan fingerprint density at radius 2 is 2.18 bits per heavy atom. The minimum absolute atomic E-state index is 0.603. The SMILES string of the molecule is CCCC(O)C1(C(=O)O)CC1. The molecule has 1 atom stereocenters. The average Bonchev–Trinajstić information content (AvgIpc) is 2.66. The van der Waals surface area contributed by atoms with Crippen LogP contribution in [0.4, 0.5) is 0 Å². The quantitative estimate of drug-likeness (QED) is 0.642. The third-order valence-corrected chi connectivity index (χ3v) is 2.41. The Labute approximate surface area is 66.0 Å². The molecule has 1 rings (SSSR count). The smallest absolute Gasteiger partial charge is 0.312 e. The third kappa shape index (κ3) is 1.38. The number of aliphatic carboxylic acids is 1. The molecule has 0 bridgehead atoms. The van der Waals surface area contributed by atoms with Crippen LogP contribution < -0.4 is 0 Å². The van der Waals surface area contributed by atoms with Crippen molar-refractivity contribution in [2.24, 2.45) is 5.41 Å². The van der Waals surface area contributed by atoms with E-state index in [2.05, 4.69) is 0 Å². The Morgan fingerprint density at radius 3 is 2.45 bits per heavy atom. The van der Waals surface area contributed by atoms with E-state index in [0.29, 0.717) is 19.3 Å². The minimum Gasteiger partial charge on any atom is -0.481 e. The van der Waals surface area contributed by atoms with Gasteiger partial charge < -0.3 is 10.2 Å². The second-order valence-corrected chi connectivity index (χ2v) is 3.27. The van der Waals surface area contributed by atoms with E-state index in [1.54, 1.807) is 0 Å². The molecule has 0 amide bonds. The van der Waals surface area contributed by atoms with Gasteiger partial charge in [0.2, 0.25) is 0 Å². The third-order valence-electron chi connectivity index (χ3n) is 2.41. The van der Waals surface area contributed by atoms with Gasteiger partial charge in [0.25, 0.3) is 0 Å². The van der Waals surface area contributed by atoms with E-state index in [9.17, 15) is 9.90 Å². The predicted octanol–water partition coefficient (Wildman–Crippen LogP) is 1.01. The first-order valence-corrected chi connectivity index (χ1v) is 4.05. The number of aliphatic hydroxyl groups excluding tert-OH is 1. The highest BCUT2D eigenvalue weighted by molar-refractivity contribution is 5.78. The Morgan fingerprint density at radius 1 is 1.64 bits per heavy atom. The molecule has 0 spiro atoms. The summed E-state index contributed by atoms with van der Waals surface area (Å²) in [5.74, 6) is -0.835. The van der Waals surface area contributed by atoms with E-state index in [0.717, 1.165) is 6.42 Å². The summed E-state index contributed by atoms with van der Waals surface area (Å²) in [6.45, 7) is 1.95. The normalized spacial score (nSPS) is 22.7. The van der Waals surface area contributed by atoms with Gasteiger partial charge in [-0.1, -0.05) is 13.3 Å². The molecule has 1 fully saturated rings. The van der Waals surface area contributed by atoms with E-state index in [4.69, 9.17) is 5.11 Å². The van der Waals surface area contributed by atoms with Gasteiger partial charge in [-0.15, -0.1) is 0 Å². The molecule has 11 heavy (non-hydrogen) atoms. The van der Waals surface area contributed by atoms with Crippen molar-refractivity contribution in [1.29, 1.82) is 0 Å². The Balaban J connectivity index is 2.51. The maximum Gasteiger partial charge on any atom is 0.312 e. The van der Waals surface area contributed by atoms with E-state index >= 15 is 0 Å². The van der Waals surface area contributed by atoms with Crippen molar-refractivity contribution in [1.82, 2.24) is 0 Å². The molecule has 1 aliphatic rings. The van der Waals surface area contributed by atoms with Gasteiger partial charge in [-0.3, -0.25) is 4.79 Å². The maximum atomic E-state index is 10.6. The zero-order valence-corrected chi connectivity index (χ0v) is 6.71. The lowest BCUT2D eigenvalue weighted by atomic mass is 9.96. The van der Waals surface area contributed by atoms with Crippen molar-refractivity contribution in [3.05, 3.63) is 0 Å². The van der Waals surface area contributed by atoms with Crippen LogP contribution in [0.5, 0.6) is 0 Å². The molecule has 0 aromatic rings. The molecular weight excluding hydrogens is 144 g/mol. The van der Waals surface area contributed by atoms with Gasteiger partial charge in [0.15, 0.2) is 0 Å². The molecule has 1 unspecified atom stereocenters. The number of carboxylic acids is 1. The lowest BCUT2D eigenvalue weighted by molar-refractivity contribution is -0.148. The second-order valence-electron chi connectivity index (χ2n) is 3.27. The summed E-state index contributed by atoms with van der Waals surface area (Å²) in [5, 5.41) is 18.2. The van der Waals surface area contributed by atoms with E-state index < -0.39 is 17.5 Å². The van der Waals surface area contributed by atoms with Crippen molar-refractivity contribution in [2.45, 2.75) is 38.7 Å². The zero-order valence-electron chi connectivity index (χ0n) is 6.71. The van der Waals surface area contributed by atoms with Gasteiger partial charge in [0.05, 0.1) is 11.5 Å². The highest BCUT2D eigenvalue weighted by Crippen LogP contribution is 2.50. The van der Waals surface area contributed by atoms with Crippen LogP contribution >= 0.6 is 0 Å². The number of carbonyl (C=O) groups is 1. The van der Waals surface area contributed by atoms with Gasteiger partial charge in [-0.25, -0.2) is 0 Å². The summed E-state index contributed by atoms with van der Waals surface area (Å²) in [5.41, 5.74) is -0.768. The number of aliphatic hydroxyl groups is 1. The van der Waals surface area contributed by atoms with Crippen molar-refractivity contribution in [2.75, 3.05) is 0 Å². The first-order valence-electron chi connectivity index (χ1n) is 4.05. The Bertz CT molecular complexity index is 161. The van der Waals surface area contributed by atoms with Gasteiger partial charge in [-0.05, 0) is 19.3 Å². The van der Waals surface area contributed by atoms with Gasteiger partial charge in [-0.2, -0.15) is 0 Å². The topological polar surface area (TPSA) is 57.5 Å². The van der Waals surface area contributed by atoms with Crippen LogP contribution in [0.2, 0.25) is 0 Å². The highest BCUT2D eigenvalue weighted by atomic mass is 16.4. The zero-order chi connectivity index (χ0) is 8.48. The van der Waals surface area contributed by atoms with Crippen LogP contribution in [0, 0.1) is 5.41 Å². The summed E-state index contributed by atoms with van der Waals surface area (Å²) >= 11 is 0. The molecule has 64 valence electrons. The molecule has 1 aliphatic carbocycles. The number of carboxylic acid groups (broad SMARTS) is 1. The predicted molar refractivity (Wildman–Crippen MR) is 40.2 cm³/mol. The summed E-state index contributed by atoms with van der Waals surface area (Å²) < 4.78 is 0. The van der Waals surface area contributed by atoms with Crippen molar-refractivity contribution in [3.8, 4) is 0 Å². The van der Waals surface area contributed by atoms with E-state index in [1.807, 2.05) is 6.92 Å². The maximum absolute atomic E-state index is 10.6. The molecule has 1 saturated carbocycles. The number of hydrogen-bond donors (Lipinski definition) is 2. The molecule has 0 saturated heterocycles. The summed E-state index contributed by atoms with van der Waals surface area (Å²) in [6.07, 6.45) is 2.10. The largest absolute Gasteiger partial charge is 0.481 e. The molecule has 3 nitrogen and oxygen atoms in total.